The zero-order chi connectivity index (χ0) is 22.1. The molecule has 1 aliphatic rings. The Balaban J connectivity index is 1.33. The minimum Gasteiger partial charge on any atom is -0.443 e. The molecule has 0 radical (unpaired) electrons. The average molecular weight is 435 g/mol. The number of carbonyl (C=O) groups excluding carboxylic acids is 1. The van der Waals surface area contributed by atoms with Gasteiger partial charge < -0.3 is 13.8 Å². The van der Waals surface area contributed by atoms with Crippen molar-refractivity contribution in [3.63, 3.8) is 0 Å². The number of rotatable bonds is 5. The molecule has 0 bridgehead atoms. The Bertz CT molecular complexity index is 1270. The van der Waals surface area contributed by atoms with Crippen molar-refractivity contribution >= 4 is 5.91 Å². The van der Waals surface area contributed by atoms with Crippen molar-refractivity contribution in [1.29, 1.82) is 0 Å². The van der Waals surface area contributed by atoms with Crippen molar-refractivity contribution in [3.05, 3.63) is 95.4 Å². The molecule has 2 aromatic heterocycles. The Morgan fingerprint density at radius 2 is 1.91 bits per heavy atom. The van der Waals surface area contributed by atoms with E-state index in [1.54, 1.807) is 29.3 Å². The summed E-state index contributed by atoms with van der Waals surface area (Å²) in [4.78, 5) is 19.1. The number of nitrogens with zero attached hydrogens (tertiary/aromatic N) is 3. The van der Waals surface area contributed by atoms with Gasteiger partial charge in [0.1, 0.15) is 29.1 Å². The molecule has 0 saturated carbocycles. The molecule has 1 saturated heterocycles. The van der Waals surface area contributed by atoms with Gasteiger partial charge in [0.05, 0.1) is 6.20 Å². The van der Waals surface area contributed by atoms with E-state index in [1.165, 1.54) is 30.3 Å². The quantitative estimate of drug-likeness (QED) is 0.432. The third kappa shape index (κ3) is 4.03. The van der Waals surface area contributed by atoms with Gasteiger partial charge in [-0.25, -0.2) is 13.8 Å². The minimum atomic E-state index is -0.393. The number of aromatic nitrogens is 2. The van der Waals surface area contributed by atoms with E-state index >= 15 is 0 Å². The van der Waals surface area contributed by atoms with Gasteiger partial charge in [0.15, 0.2) is 0 Å². The number of oxazole rings is 1. The highest BCUT2D eigenvalue weighted by atomic mass is 19.1. The van der Waals surface area contributed by atoms with Crippen LogP contribution in [0.15, 0.2) is 69.7 Å². The Hall–Kier alpha value is -3.81. The number of likely N-dealkylation sites (tertiary alicyclic amines) is 1. The zero-order valence-electron chi connectivity index (χ0n) is 17.0. The molecule has 0 N–H and O–H groups in total. The van der Waals surface area contributed by atoms with Crippen molar-refractivity contribution in [2.45, 2.75) is 25.3 Å². The van der Waals surface area contributed by atoms with E-state index in [1.807, 2.05) is 6.07 Å². The van der Waals surface area contributed by atoms with Gasteiger partial charge in [0.2, 0.25) is 11.7 Å². The van der Waals surface area contributed by atoms with Crippen LogP contribution < -0.4 is 0 Å². The molecule has 1 aliphatic heterocycles. The molecule has 1 fully saturated rings. The molecule has 4 aromatic rings. The highest BCUT2D eigenvalue weighted by molar-refractivity contribution is 5.92. The van der Waals surface area contributed by atoms with Crippen LogP contribution in [-0.2, 0) is 6.42 Å². The summed E-state index contributed by atoms with van der Waals surface area (Å²) in [6, 6.07) is 13.4. The van der Waals surface area contributed by atoms with Crippen LogP contribution in [0.5, 0.6) is 0 Å². The number of amides is 1. The van der Waals surface area contributed by atoms with E-state index in [4.69, 9.17) is 8.94 Å². The molecule has 2 aromatic carbocycles. The molecule has 32 heavy (non-hydrogen) atoms. The standard InChI is InChI=1S/C24H19F2N3O3/c25-17-6-1-4-15(10-17)11-19-14-27-23(31-19)21-8-3-9-29(21)24(30)22-13-20(28-32-22)16-5-2-7-18(26)12-16/h1-2,4-7,10,12-14,21H,3,8-9,11H2. The molecule has 3 heterocycles. The second-order valence-electron chi connectivity index (χ2n) is 7.71. The van der Waals surface area contributed by atoms with Gasteiger partial charge in [0.25, 0.3) is 5.91 Å². The molecular weight excluding hydrogens is 416 g/mol. The van der Waals surface area contributed by atoms with Gasteiger partial charge in [-0.1, -0.05) is 29.4 Å². The fourth-order valence-electron chi connectivity index (χ4n) is 3.97. The first-order valence-corrected chi connectivity index (χ1v) is 10.3. The summed E-state index contributed by atoms with van der Waals surface area (Å²) in [5, 5.41) is 3.92. The molecule has 1 atom stereocenters. The summed E-state index contributed by atoms with van der Waals surface area (Å²) in [6.07, 6.45) is 3.52. The van der Waals surface area contributed by atoms with Gasteiger partial charge in [-0.3, -0.25) is 4.79 Å². The highest BCUT2D eigenvalue weighted by Gasteiger charge is 2.35. The summed E-state index contributed by atoms with van der Waals surface area (Å²) < 4.78 is 38.1. The molecule has 162 valence electrons. The zero-order valence-corrected chi connectivity index (χ0v) is 17.0. The number of carbonyl (C=O) groups is 1. The molecule has 1 unspecified atom stereocenters. The lowest BCUT2D eigenvalue weighted by atomic mass is 10.1. The minimum absolute atomic E-state index is 0.0719. The van der Waals surface area contributed by atoms with Gasteiger partial charge in [-0.05, 0) is 42.7 Å². The van der Waals surface area contributed by atoms with Gasteiger partial charge in [0, 0.05) is 24.6 Å². The van der Waals surface area contributed by atoms with Gasteiger partial charge in [-0.15, -0.1) is 0 Å². The predicted molar refractivity (Wildman–Crippen MR) is 111 cm³/mol. The lowest BCUT2D eigenvalue weighted by Gasteiger charge is -2.20. The van der Waals surface area contributed by atoms with Crippen LogP contribution in [0, 0.1) is 11.6 Å². The van der Waals surface area contributed by atoms with E-state index in [0.717, 1.165) is 12.0 Å². The predicted octanol–water partition coefficient (Wildman–Crippen LogP) is 5.18. The highest BCUT2D eigenvalue weighted by Crippen LogP contribution is 2.33. The van der Waals surface area contributed by atoms with Crippen molar-refractivity contribution in [3.8, 4) is 11.3 Å². The summed E-state index contributed by atoms with van der Waals surface area (Å²) in [7, 11) is 0. The third-order valence-corrected chi connectivity index (χ3v) is 5.48. The maximum atomic E-state index is 13.5. The molecule has 6 nitrogen and oxygen atoms in total. The van der Waals surface area contributed by atoms with Crippen molar-refractivity contribution in [2.24, 2.45) is 0 Å². The molecule has 1 amide bonds. The van der Waals surface area contributed by atoms with Crippen LogP contribution in [0.2, 0.25) is 0 Å². The Kier molecular flexibility index (Phi) is 5.26. The number of hydrogen-bond donors (Lipinski definition) is 0. The van der Waals surface area contributed by atoms with Crippen molar-refractivity contribution in [2.75, 3.05) is 6.54 Å². The van der Waals surface area contributed by atoms with E-state index in [9.17, 15) is 13.6 Å². The monoisotopic (exact) mass is 435 g/mol. The fourth-order valence-corrected chi connectivity index (χ4v) is 3.97. The van der Waals surface area contributed by atoms with Crippen LogP contribution in [-0.4, -0.2) is 27.5 Å². The fraction of sp³-hybridized carbons (Fsp3) is 0.208. The Morgan fingerprint density at radius 3 is 2.72 bits per heavy atom. The van der Waals surface area contributed by atoms with Crippen LogP contribution in [0.4, 0.5) is 8.78 Å². The smallest absolute Gasteiger partial charge is 0.293 e. The Labute approximate surface area is 182 Å². The molecular formula is C24H19F2N3O3. The van der Waals surface area contributed by atoms with Crippen LogP contribution in [0.25, 0.3) is 11.3 Å². The number of hydrogen-bond acceptors (Lipinski definition) is 5. The van der Waals surface area contributed by atoms with Crippen LogP contribution >= 0.6 is 0 Å². The first-order valence-electron chi connectivity index (χ1n) is 10.3. The number of halogens is 2. The summed E-state index contributed by atoms with van der Waals surface area (Å²) >= 11 is 0. The lowest BCUT2D eigenvalue weighted by Crippen LogP contribution is -2.30. The van der Waals surface area contributed by atoms with Gasteiger partial charge in [-0.2, -0.15) is 0 Å². The first kappa shape index (κ1) is 20.1. The molecule has 0 spiro atoms. The maximum Gasteiger partial charge on any atom is 0.293 e. The second kappa shape index (κ2) is 8.37. The normalized spacial score (nSPS) is 15.9. The van der Waals surface area contributed by atoms with Crippen molar-refractivity contribution in [1.82, 2.24) is 15.0 Å². The van der Waals surface area contributed by atoms with E-state index in [2.05, 4.69) is 10.1 Å². The first-order chi connectivity index (χ1) is 15.6. The van der Waals surface area contributed by atoms with Crippen molar-refractivity contribution < 1.29 is 22.5 Å². The maximum absolute atomic E-state index is 13.5. The molecule has 5 rings (SSSR count). The summed E-state index contributed by atoms with van der Waals surface area (Å²) in [5.74, 6) is 0.0794. The van der Waals surface area contributed by atoms with Gasteiger partial charge >= 0.3 is 0 Å². The second-order valence-corrected chi connectivity index (χ2v) is 7.71. The van der Waals surface area contributed by atoms with Crippen LogP contribution in [0.3, 0.4) is 0 Å². The SMILES string of the molecule is O=C(c1cc(-c2cccc(F)c2)no1)N1CCCC1c1ncc(Cc2cccc(F)c2)o1. The number of benzene rings is 2. The molecule has 8 heteroatoms. The molecule has 0 aliphatic carbocycles. The van der Waals surface area contributed by atoms with E-state index in [-0.39, 0.29) is 23.5 Å². The van der Waals surface area contributed by atoms with E-state index in [0.29, 0.717) is 42.3 Å². The summed E-state index contributed by atoms with van der Waals surface area (Å²) in [6.45, 7) is 0.529. The van der Waals surface area contributed by atoms with Crippen LogP contribution in [0.1, 0.15) is 46.7 Å². The average Bonchev–Trinajstić information content (AvgIpc) is 3.53. The van der Waals surface area contributed by atoms with E-state index < -0.39 is 5.82 Å². The lowest BCUT2D eigenvalue weighted by molar-refractivity contribution is 0.0672. The topological polar surface area (TPSA) is 72.4 Å². The summed E-state index contributed by atoms with van der Waals surface area (Å²) in [5.41, 5.74) is 1.69. The third-order valence-electron chi connectivity index (χ3n) is 5.48. The Morgan fingerprint density at radius 1 is 1.09 bits per heavy atom. The largest absolute Gasteiger partial charge is 0.443 e.